The van der Waals surface area contributed by atoms with Crippen molar-refractivity contribution in [1.29, 1.82) is 0 Å². The van der Waals surface area contributed by atoms with E-state index in [9.17, 15) is 4.39 Å². The lowest BCUT2D eigenvalue weighted by molar-refractivity contribution is 0.0179. The first-order valence-electron chi connectivity index (χ1n) is 10.9. The Labute approximate surface area is 180 Å². The molecule has 1 unspecified atom stereocenters. The molecule has 2 N–H and O–H groups in total. The minimum absolute atomic E-state index is 0.0964. The van der Waals surface area contributed by atoms with E-state index in [1.165, 1.54) is 12.1 Å². The van der Waals surface area contributed by atoms with Gasteiger partial charge < -0.3 is 24.8 Å². The molecule has 1 atom stereocenters. The second kappa shape index (κ2) is 15.1. The monoisotopic (exact) mass is 424 g/mol. The molecular formula is C22H37FN4O3. The van der Waals surface area contributed by atoms with E-state index in [0.717, 1.165) is 57.2 Å². The van der Waals surface area contributed by atoms with Crippen LogP contribution >= 0.6 is 0 Å². The summed E-state index contributed by atoms with van der Waals surface area (Å²) in [7, 11) is 1.68. The van der Waals surface area contributed by atoms with Crippen molar-refractivity contribution >= 4 is 5.96 Å². The highest BCUT2D eigenvalue weighted by atomic mass is 19.1. The van der Waals surface area contributed by atoms with Gasteiger partial charge in [0.25, 0.3) is 0 Å². The predicted octanol–water partition coefficient (Wildman–Crippen LogP) is 2.20. The van der Waals surface area contributed by atoms with Crippen molar-refractivity contribution in [2.24, 2.45) is 4.99 Å². The summed E-state index contributed by atoms with van der Waals surface area (Å²) in [5.74, 6) is 0.586. The highest BCUT2D eigenvalue weighted by molar-refractivity contribution is 5.79. The molecule has 1 aromatic rings. The lowest BCUT2D eigenvalue weighted by Gasteiger charge is -2.34. The van der Waals surface area contributed by atoms with Crippen LogP contribution in [0.5, 0.6) is 0 Å². The van der Waals surface area contributed by atoms with Crippen LogP contribution in [0.3, 0.4) is 0 Å². The summed E-state index contributed by atoms with van der Waals surface area (Å²) in [6.45, 7) is 9.43. The van der Waals surface area contributed by atoms with Gasteiger partial charge in [-0.15, -0.1) is 0 Å². The van der Waals surface area contributed by atoms with Crippen molar-refractivity contribution in [2.75, 3.05) is 72.9 Å². The van der Waals surface area contributed by atoms with Crippen LogP contribution in [-0.2, 0) is 14.2 Å². The number of hydrogen-bond acceptors (Lipinski definition) is 5. The second-order valence-corrected chi connectivity index (χ2v) is 7.17. The number of rotatable bonds is 13. The molecule has 2 rings (SSSR count). The van der Waals surface area contributed by atoms with Crippen molar-refractivity contribution < 1.29 is 18.6 Å². The number of unbranched alkanes of at least 4 members (excludes halogenated alkanes) is 1. The van der Waals surface area contributed by atoms with Crippen LogP contribution in [0.1, 0.15) is 31.4 Å². The van der Waals surface area contributed by atoms with Gasteiger partial charge in [0.05, 0.1) is 39.0 Å². The van der Waals surface area contributed by atoms with Gasteiger partial charge in [-0.05, 0) is 37.5 Å². The molecule has 8 heteroatoms. The fourth-order valence-corrected chi connectivity index (χ4v) is 3.31. The Morgan fingerprint density at radius 3 is 2.60 bits per heavy atom. The third-order valence-electron chi connectivity index (χ3n) is 4.95. The summed E-state index contributed by atoms with van der Waals surface area (Å²) >= 11 is 0. The van der Waals surface area contributed by atoms with E-state index in [-0.39, 0.29) is 11.9 Å². The molecule has 30 heavy (non-hydrogen) atoms. The molecule has 0 saturated carbocycles. The Morgan fingerprint density at radius 2 is 1.90 bits per heavy atom. The number of morpholine rings is 1. The zero-order valence-corrected chi connectivity index (χ0v) is 18.4. The van der Waals surface area contributed by atoms with Crippen molar-refractivity contribution in [2.45, 2.75) is 25.8 Å². The number of ether oxygens (including phenoxy) is 3. The highest BCUT2D eigenvalue weighted by Gasteiger charge is 2.22. The SMILES string of the molecule is CCNC(=NCC(c1ccc(F)cc1)N1CCOCC1)NCCCCOCCOC. The van der Waals surface area contributed by atoms with Crippen molar-refractivity contribution in [3.05, 3.63) is 35.6 Å². The maximum Gasteiger partial charge on any atom is 0.191 e. The topological polar surface area (TPSA) is 67.4 Å². The number of methoxy groups -OCH3 is 1. The molecule has 1 aromatic carbocycles. The van der Waals surface area contributed by atoms with Gasteiger partial charge in [-0.1, -0.05) is 12.1 Å². The van der Waals surface area contributed by atoms with Gasteiger partial charge >= 0.3 is 0 Å². The third-order valence-corrected chi connectivity index (χ3v) is 4.95. The molecule has 0 spiro atoms. The number of halogens is 1. The van der Waals surface area contributed by atoms with Crippen LogP contribution in [-0.4, -0.2) is 83.7 Å². The van der Waals surface area contributed by atoms with Gasteiger partial charge in [-0.2, -0.15) is 0 Å². The molecule has 0 radical (unpaired) electrons. The van der Waals surface area contributed by atoms with Crippen molar-refractivity contribution in [1.82, 2.24) is 15.5 Å². The van der Waals surface area contributed by atoms with Crippen molar-refractivity contribution in [3.63, 3.8) is 0 Å². The van der Waals surface area contributed by atoms with E-state index < -0.39 is 0 Å². The first-order valence-corrected chi connectivity index (χ1v) is 10.9. The molecule has 0 aromatic heterocycles. The third kappa shape index (κ3) is 9.38. The van der Waals surface area contributed by atoms with Gasteiger partial charge in [0.15, 0.2) is 5.96 Å². The molecule has 0 aliphatic carbocycles. The lowest BCUT2D eigenvalue weighted by atomic mass is 10.0. The predicted molar refractivity (Wildman–Crippen MR) is 117 cm³/mol. The van der Waals surface area contributed by atoms with Gasteiger partial charge in [0.2, 0.25) is 0 Å². The van der Waals surface area contributed by atoms with Crippen molar-refractivity contribution in [3.8, 4) is 0 Å². The Morgan fingerprint density at radius 1 is 1.13 bits per heavy atom. The Hall–Kier alpha value is -1.74. The van der Waals surface area contributed by atoms with Gasteiger partial charge in [0, 0.05) is 39.9 Å². The van der Waals surface area contributed by atoms with Crippen LogP contribution in [0.2, 0.25) is 0 Å². The fourth-order valence-electron chi connectivity index (χ4n) is 3.31. The molecule has 0 amide bonds. The van der Waals surface area contributed by atoms with E-state index in [1.807, 2.05) is 12.1 Å². The van der Waals surface area contributed by atoms with Crippen LogP contribution in [0.15, 0.2) is 29.3 Å². The number of hydrogen-bond donors (Lipinski definition) is 2. The van der Waals surface area contributed by atoms with E-state index in [1.54, 1.807) is 7.11 Å². The number of nitrogens with zero attached hydrogens (tertiary/aromatic N) is 2. The quantitative estimate of drug-likeness (QED) is 0.288. The molecule has 170 valence electrons. The Bertz CT molecular complexity index is 595. The van der Waals surface area contributed by atoms with E-state index in [2.05, 4.69) is 22.5 Å². The maximum absolute atomic E-state index is 13.4. The zero-order chi connectivity index (χ0) is 21.4. The average molecular weight is 425 g/mol. The van der Waals surface area contributed by atoms with E-state index in [4.69, 9.17) is 19.2 Å². The smallest absolute Gasteiger partial charge is 0.191 e. The molecule has 7 nitrogen and oxygen atoms in total. The summed E-state index contributed by atoms with van der Waals surface area (Å²) in [4.78, 5) is 7.18. The molecule has 1 heterocycles. The minimum Gasteiger partial charge on any atom is -0.382 e. The molecule has 1 saturated heterocycles. The summed E-state index contributed by atoms with van der Waals surface area (Å²) in [5.41, 5.74) is 1.08. The molecule has 1 aliphatic rings. The van der Waals surface area contributed by atoms with E-state index in [0.29, 0.717) is 33.0 Å². The summed E-state index contributed by atoms with van der Waals surface area (Å²) in [5, 5.41) is 6.71. The van der Waals surface area contributed by atoms with Gasteiger partial charge in [-0.25, -0.2) is 4.39 Å². The van der Waals surface area contributed by atoms with Crippen LogP contribution in [0.4, 0.5) is 4.39 Å². The van der Waals surface area contributed by atoms with Crippen LogP contribution < -0.4 is 10.6 Å². The molecule has 1 aliphatic heterocycles. The number of nitrogens with one attached hydrogen (secondary N) is 2. The maximum atomic E-state index is 13.4. The number of benzene rings is 1. The standard InChI is InChI=1S/C22H37FN4O3/c1-3-24-22(25-10-4-5-13-29-17-16-28-2)26-18-21(27-11-14-30-15-12-27)19-6-8-20(23)9-7-19/h6-9,21H,3-5,10-18H2,1-2H3,(H2,24,25,26). The summed E-state index contributed by atoms with van der Waals surface area (Å²) < 4.78 is 29.4. The zero-order valence-electron chi connectivity index (χ0n) is 18.4. The highest BCUT2D eigenvalue weighted by Crippen LogP contribution is 2.22. The summed E-state index contributed by atoms with van der Waals surface area (Å²) in [6.07, 6.45) is 1.99. The van der Waals surface area contributed by atoms with E-state index >= 15 is 0 Å². The number of aliphatic imine (C=N–C) groups is 1. The van der Waals surface area contributed by atoms with Gasteiger partial charge in [-0.3, -0.25) is 9.89 Å². The Kier molecular flexibility index (Phi) is 12.4. The Balaban J connectivity index is 1.88. The average Bonchev–Trinajstić information content (AvgIpc) is 2.77. The first-order chi connectivity index (χ1) is 14.7. The van der Waals surface area contributed by atoms with Crippen LogP contribution in [0.25, 0.3) is 0 Å². The number of guanidine groups is 1. The molecular weight excluding hydrogens is 387 g/mol. The fraction of sp³-hybridized carbons (Fsp3) is 0.682. The minimum atomic E-state index is -0.218. The second-order valence-electron chi connectivity index (χ2n) is 7.17. The van der Waals surface area contributed by atoms with Gasteiger partial charge in [0.1, 0.15) is 5.82 Å². The summed E-state index contributed by atoms with van der Waals surface area (Å²) in [6, 6.07) is 6.85. The largest absolute Gasteiger partial charge is 0.382 e. The molecule has 1 fully saturated rings. The first kappa shape index (κ1) is 24.5. The molecule has 0 bridgehead atoms. The van der Waals surface area contributed by atoms with Crippen LogP contribution in [0, 0.1) is 5.82 Å². The normalized spacial score (nSPS) is 16.4. The lowest BCUT2D eigenvalue weighted by Crippen LogP contribution is -2.42.